The number of carboxylic acids is 1. The zero-order valence-electron chi connectivity index (χ0n) is 19.3. The molecule has 3 N–H and O–H groups in total. The number of aliphatic carboxylic acids is 1. The average molecular weight is 464 g/mol. The zero-order valence-corrected chi connectivity index (χ0v) is 19.3. The topological polar surface area (TPSA) is 80.4 Å². The Morgan fingerprint density at radius 1 is 1.06 bits per heavy atom. The number of nitrogens with two attached hydrogens (primary N) is 1. The fourth-order valence-corrected chi connectivity index (χ4v) is 4.12. The van der Waals surface area contributed by atoms with E-state index in [4.69, 9.17) is 15.6 Å². The molecule has 1 saturated carbocycles. The minimum atomic E-state index is -5.08. The summed E-state index contributed by atoms with van der Waals surface area (Å²) in [6.45, 7) is 7.00. The van der Waals surface area contributed by atoms with Gasteiger partial charge in [-0.25, -0.2) is 4.79 Å². The maximum absolute atomic E-state index is 11.4. The van der Waals surface area contributed by atoms with Crippen LogP contribution in [0.2, 0.25) is 0 Å². The molecule has 0 radical (unpaired) electrons. The molecular formula is C26H32F3NO3. The largest absolute Gasteiger partial charge is 0.490 e. The molecular weight excluding hydrogens is 431 g/mol. The number of aryl methyl sites for hydroxylation is 2. The molecule has 0 bridgehead atoms. The molecule has 33 heavy (non-hydrogen) atoms. The Hall–Kier alpha value is -2.83. The smallest absolute Gasteiger partial charge is 0.475 e. The standard InChI is InChI=1S/C24H31NO.C2HF3O2/c1-17-15-21(20-5-4-6-22(16-20)23(25)26)10-9-19(17)8-7-18-11-13-24(2,3)14-12-18;3-2(4,5)1(6)7/h4-6,9-10,15-16,18H,7-8,11-14H2,1-3H3,(H2,25,26);(H,6,7). The lowest BCUT2D eigenvalue weighted by atomic mass is 9.72. The van der Waals surface area contributed by atoms with Crippen molar-refractivity contribution in [2.24, 2.45) is 17.1 Å². The summed E-state index contributed by atoms with van der Waals surface area (Å²) in [7, 11) is 0. The average Bonchev–Trinajstić information content (AvgIpc) is 2.73. The highest BCUT2D eigenvalue weighted by Crippen LogP contribution is 2.39. The molecule has 4 nitrogen and oxygen atoms in total. The second-order valence-electron chi connectivity index (χ2n) is 9.54. The Morgan fingerprint density at radius 2 is 1.64 bits per heavy atom. The van der Waals surface area contributed by atoms with Crippen molar-refractivity contribution >= 4 is 11.9 Å². The van der Waals surface area contributed by atoms with Gasteiger partial charge in [-0.05, 0) is 91.2 Å². The lowest BCUT2D eigenvalue weighted by Crippen LogP contribution is -2.21. The zero-order chi connectivity index (χ0) is 24.8. The van der Waals surface area contributed by atoms with Gasteiger partial charge in [-0.1, -0.05) is 44.2 Å². The Kier molecular flexibility index (Phi) is 8.69. The summed E-state index contributed by atoms with van der Waals surface area (Å²) in [5.74, 6) is -2.25. The van der Waals surface area contributed by atoms with Crippen molar-refractivity contribution in [2.75, 3.05) is 0 Å². The highest BCUT2D eigenvalue weighted by atomic mass is 19.4. The fourth-order valence-electron chi connectivity index (χ4n) is 4.12. The third kappa shape index (κ3) is 8.22. The Bertz CT molecular complexity index is 973. The van der Waals surface area contributed by atoms with E-state index in [2.05, 4.69) is 39.0 Å². The van der Waals surface area contributed by atoms with Gasteiger partial charge in [0.1, 0.15) is 0 Å². The molecule has 3 rings (SSSR count). The van der Waals surface area contributed by atoms with E-state index < -0.39 is 12.1 Å². The highest BCUT2D eigenvalue weighted by molar-refractivity contribution is 5.94. The molecule has 1 aliphatic rings. The number of benzene rings is 2. The molecule has 0 spiro atoms. The van der Waals surface area contributed by atoms with Crippen LogP contribution in [0.25, 0.3) is 11.1 Å². The van der Waals surface area contributed by atoms with Gasteiger partial charge in [0, 0.05) is 5.56 Å². The summed E-state index contributed by atoms with van der Waals surface area (Å²) in [5.41, 5.74) is 11.5. The Morgan fingerprint density at radius 3 is 2.15 bits per heavy atom. The molecule has 0 aliphatic heterocycles. The van der Waals surface area contributed by atoms with Gasteiger partial charge >= 0.3 is 12.1 Å². The predicted octanol–water partition coefficient (Wildman–Crippen LogP) is 6.54. The van der Waals surface area contributed by atoms with Crippen molar-refractivity contribution in [3.05, 3.63) is 59.2 Å². The number of hydrogen-bond donors (Lipinski definition) is 2. The van der Waals surface area contributed by atoms with Crippen LogP contribution in [0.4, 0.5) is 13.2 Å². The van der Waals surface area contributed by atoms with E-state index in [9.17, 15) is 18.0 Å². The van der Waals surface area contributed by atoms with E-state index in [1.807, 2.05) is 18.2 Å². The van der Waals surface area contributed by atoms with E-state index in [1.54, 1.807) is 6.07 Å². The van der Waals surface area contributed by atoms with Gasteiger partial charge in [0.2, 0.25) is 5.91 Å². The minimum Gasteiger partial charge on any atom is -0.475 e. The summed E-state index contributed by atoms with van der Waals surface area (Å²) in [4.78, 5) is 20.3. The SMILES string of the molecule is Cc1cc(-c2cccc(C(N)=O)c2)ccc1CCC1CCC(C)(C)CC1.O=C(O)C(F)(F)F. The maximum atomic E-state index is 11.4. The molecule has 0 atom stereocenters. The molecule has 0 aromatic heterocycles. The van der Waals surface area contributed by atoms with Crippen LogP contribution < -0.4 is 5.73 Å². The van der Waals surface area contributed by atoms with Gasteiger partial charge in [0.25, 0.3) is 0 Å². The summed E-state index contributed by atoms with van der Waals surface area (Å²) < 4.78 is 31.7. The number of amides is 1. The van der Waals surface area contributed by atoms with Crippen LogP contribution in [-0.2, 0) is 11.2 Å². The van der Waals surface area contributed by atoms with Gasteiger partial charge in [0.05, 0.1) is 0 Å². The number of alkyl halides is 3. The van der Waals surface area contributed by atoms with Crippen LogP contribution in [0.3, 0.4) is 0 Å². The first kappa shape index (κ1) is 26.4. The van der Waals surface area contributed by atoms with E-state index in [1.165, 1.54) is 49.7 Å². The second-order valence-corrected chi connectivity index (χ2v) is 9.54. The second kappa shape index (κ2) is 10.9. The highest BCUT2D eigenvalue weighted by Gasteiger charge is 2.38. The summed E-state index contributed by atoms with van der Waals surface area (Å²) in [6, 6.07) is 14.2. The van der Waals surface area contributed by atoms with Gasteiger partial charge in [-0.15, -0.1) is 0 Å². The summed E-state index contributed by atoms with van der Waals surface area (Å²) >= 11 is 0. The van der Waals surface area contributed by atoms with Crippen LogP contribution in [0.1, 0.15) is 67.4 Å². The van der Waals surface area contributed by atoms with Gasteiger partial charge < -0.3 is 10.8 Å². The first-order valence-corrected chi connectivity index (χ1v) is 11.1. The van der Waals surface area contributed by atoms with E-state index in [0.29, 0.717) is 11.0 Å². The maximum Gasteiger partial charge on any atom is 0.490 e. The van der Waals surface area contributed by atoms with Crippen molar-refractivity contribution in [2.45, 2.75) is 65.5 Å². The quantitative estimate of drug-likeness (QED) is 0.528. The van der Waals surface area contributed by atoms with Crippen LogP contribution >= 0.6 is 0 Å². The van der Waals surface area contributed by atoms with Crippen LogP contribution in [0.15, 0.2) is 42.5 Å². The van der Waals surface area contributed by atoms with Crippen LogP contribution in [-0.4, -0.2) is 23.2 Å². The molecule has 2 aromatic carbocycles. The number of carbonyl (C=O) groups excluding carboxylic acids is 1. The van der Waals surface area contributed by atoms with E-state index in [-0.39, 0.29) is 5.91 Å². The molecule has 0 unspecified atom stereocenters. The predicted molar refractivity (Wildman–Crippen MR) is 123 cm³/mol. The van der Waals surface area contributed by atoms with Crippen LogP contribution in [0.5, 0.6) is 0 Å². The monoisotopic (exact) mass is 463 g/mol. The van der Waals surface area contributed by atoms with Crippen molar-refractivity contribution in [3.8, 4) is 11.1 Å². The summed E-state index contributed by atoms with van der Waals surface area (Å²) in [5, 5.41) is 7.12. The van der Waals surface area contributed by atoms with Gasteiger partial charge in [-0.2, -0.15) is 13.2 Å². The third-order valence-corrected chi connectivity index (χ3v) is 6.35. The van der Waals surface area contributed by atoms with E-state index >= 15 is 0 Å². The molecule has 180 valence electrons. The number of primary amides is 1. The molecule has 1 fully saturated rings. The Labute approximate surface area is 193 Å². The van der Waals surface area contributed by atoms with E-state index in [0.717, 1.165) is 17.0 Å². The molecule has 1 aliphatic carbocycles. The number of carboxylic acid groups (broad SMARTS) is 1. The Balaban J connectivity index is 0.000000479. The third-order valence-electron chi connectivity index (χ3n) is 6.35. The van der Waals surface area contributed by atoms with Gasteiger partial charge in [0.15, 0.2) is 0 Å². The first-order valence-electron chi connectivity index (χ1n) is 11.1. The number of rotatable bonds is 5. The minimum absolute atomic E-state index is 0.379. The molecule has 0 saturated heterocycles. The van der Waals surface area contributed by atoms with Crippen molar-refractivity contribution in [3.63, 3.8) is 0 Å². The molecule has 1 amide bonds. The molecule has 2 aromatic rings. The fraction of sp³-hybridized carbons (Fsp3) is 0.462. The molecule has 7 heteroatoms. The lowest BCUT2D eigenvalue weighted by Gasteiger charge is -2.34. The number of carbonyl (C=O) groups is 2. The van der Waals surface area contributed by atoms with Gasteiger partial charge in [-0.3, -0.25) is 4.79 Å². The summed E-state index contributed by atoms with van der Waals surface area (Å²) in [6.07, 6.45) is 2.87. The number of halogens is 3. The van der Waals surface area contributed by atoms with Crippen molar-refractivity contribution in [1.82, 2.24) is 0 Å². The number of hydrogen-bond acceptors (Lipinski definition) is 2. The lowest BCUT2D eigenvalue weighted by molar-refractivity contribution is -0.192. The molecule has 0 heterocycles. The first-order chi connectivity index (χ1) is 15.3. The van der Waals surface area contributed by atoms with Crippen LogP contribution in [0, 0.1) is 18.3 Å². The normalized spacial score (nSPS) is 15.9. The van der Waals surface area contributed by atoms with Crippen molar-refractivity contribution < 1.29 is 27.9 Å². The van der Waals surface area contributed by atoms with Crippen molar-refractivity contribution in [1.29, 1.82) is 0 Å².